The van der Waals surface area contributed by atoms with Crippen LogP contribution in [0.2, 0.25) is 0 Å². The van der Waals surface area contributed by atoms with Gasteiger partial charge in [-0.3, -0.25) is 14.6 Å². The molecule has 0 radical (unpaired) electrons. The van der Waals surface area contributed by atoms with E-state index in [1.165, 1.54) is 0 Å². The summed E-state index contributed by atoms with van der Waals surface area (Å²) in [6.07, 6.45) is 3.04. The van der Waals surface area contributed by atoms with Gasteiger partial charge >= 0.3 is 0 Å². The number of amides is 2. The lowest BCUT2D eigenvalue weighted by atomic mass is 10.2. The molecule has 2 atom stereocenters. The Balaban J connectivity index is 1.60. The largest absolute Gasteiger partial charge is 0.355 e. The Hall–Kier alpha value is -1.91. The molecule has 1 saturated carbocycles. The van der Waals surface area contributed by atoms with Crippen molar-refractivity contribution < 1.29 is 9.59 Å². The van der Waals surface area contributed by atoms with Gasteiger partial charge in [0.25, 0.3) is 0 Å². The number of pyridine rings is 1. The Morgan fingerprint density at radius 1 is 1.35 bits per heavy atom. The lowest BCUT2D eigenvalue weighted by Crippen LogP contribution is -2.31. The van der Waals surface area contributed by atoms with E-state index in [9.17, 15) is 9.59 Å². The van der Waals surface area contributed by atoms with Crippen molar-refractivity contribution in [2.75, 3.05) is 6.54 Å². The molecule has 1 aromatic heterocycles. The fraction of sp³-hybridized carbons (Fsp3) is 0.533. The standard InChI is InChI=1S/C15H21N3O2/c1-10-7-13(10)15(20)16-6-5-14(19)18-9-12-4-3-11(2)17-8-12/h3-4,8,10,13H,5-7,9H2,1-2H3,(H,16,20)(H,18,19)/t10-,13-/m0/s1. The predicted molar refractivity (Wildman–Crippen MR) is 75.7 cm³/mol. The van der Waals surface area contributed by atoms with Crippen LogP contribution in [0.25, 0.3) is 0 Å². The molecule has 5 heteroatoms. The second-order valence-electron chi connectivity index (χ2n) is 5.45. The average molecular weight is 275 g/mol. The number of hydrogen-bond donors (Lipinski definition) is 2. The maximum Gasteiger partial charge on any atom is 0.223 e. The zero-order chi connectivity index (χ0) is 14.5. The highest BCUT2D eigenvalue weighted by atomic mass is 16.2. The number of aryl methyl sites for hydroxylation is 1. The van der Waals surface area contributed by atoms with Crippen LogP contribution >= 0.6 is 0 Å². The topological polar surface area (TPSA) is 71.1 Å². The molecule has 0 unspecified atom stereocenters. The van der Waals surface area contributed by atoms with E-state index in [0.29, 0.717) is 25.4 Å². The Kier molecular flexibility index (Phi) is 4.71. The van der Waals surface area contributed by atoms with E-state index in [0.717, 1.165) is 17.7 Å². The molecule has 1 heterocycles. The SMILES string of the molecule is Cc1ccc(CNC(=O)CCNC(=O)[C@H]2C[C@@H]2C)cn1. The van der Waals surface area contributed by atoms with E-state index in [4.69, 9.17) is 0 Å². The molecule has 0 saturated heterocycles. The molecule has 1 aliphatic carbocycles. The predicted octanol–water partition coefficient (Wildman–Crippen LogP) is 1.17. The third-order valence-electron chi connectivity index (χ3n) is 3.56. The van der Waals surface area contributed by atoms with Gasteiger partial charge in [0.2, 0.25) is 11.8 Å². The number of aromatic nitrogens is 1. The molecule has 0 bridgehead atoms. The van der Waals surface area contributed by atoms with Gasteiger partial charge in [0.15, 0.2) is 0 Å². The summed E-state index contributed by atoms with van der Waals surface area (Å²) in [4.78, 5) is 27.4. The number of hydrogen-bond acceptors (Lipinski definition) is 3. The van der Waals surface area contributed by atoms with Gasteiger partial charge in [0.05, 0.1) is 0 Å². The van der Waals surface area contributed by atoms with Crippen molar-refractivity contribution in [3.8, 4) is 0 Å². The van der Waals surface area contributed by atoms with Crippen LogP contribution < -0.4 is 10.6 Å². The summed E-state index contributed by atoms with van der Waals surface area (Å²) in [5, 5.41) is 5.61. The number of rotatable bonds is 6. The quantitative estimate of drug-likeness (QED) is 0.818. The summed E-state index contributed by atoms with van der Waals surface area (Å²) in [5.41, 5.74) is 1.93. The van der Waals surface area contributed by atoms with Gasteiger partial charge in [-0.2, -0.15) is 0 Å². The molecular weight excluding hydrogens is 254 g/mol. The Bertz CT molecular complexity index is 484. The van der Waals surface area contributed by atoms with E-state index >= 15 is 0 Å². The molecule has 20 heavy (non-hydrogen) atoms. The summed E-state index contributed by atoms with van der Waals surface area (Å²) in [6, 6.07) is 3.86. The maximum atomic E-state index is 11.6. The normalized spacial score (nSPS) is 20.3. The molecule has 0 spiro atoms. The van der Waals surface area contributed by atoms with Gasteiger partial charge in [-0.05, 0) is 30.9 Å². The lowest BCUT2D eigenvalue weighted by Gasteiger charge is -2.06. The minimum absolute atomic E-state index is 0.0604. The summed E-state index contributed by atoms with van der Waals surface area (Å²) in [6.45, 7) is 4.86. The fourth-order valence-corrected chi connectivity index (χ4v) is 2.01. The van der Waals surface area contributed by atoms with Crippen LogP contribution in [0.3, 0.4) is 0 Å². The highest BCUT2D eigenvalue weighted by Crippen LogP contribution is 2.37. The van der Waals surface area contributed by atoms with E-state index in [-0.39, 0.29) is 17.7 Å². The molecule has 1 fully saturated rings. The Morgan fingerprint density at radius 3 is 2.70 bits per heavy atom. The zero-order valence-electron chi connectivity index (χ0n) is 12.0. The number of carbonyl (C=O) groups excluding carboxylic acids is 2. The fourth-order valence-electron chi connectivity index (χ4n) is 2.01. The Morgan fingerprint density at radius 2 is 2.10 bits per heavy atom. The van der Waals surface area contributed by atoms with Crippen molar-refractivity contribution in [3.05, 3.63) is 29.6 Å². The van der Waals surface area contributed by atoms with Crippen molar-refractivity contribution in [2.24, 2.45) is 11.8 Å². The van der Waals surface area contributed by atoms with Crippen LogP contribution in [0.4, 0.5) is 0 Å². The van der Waals surface area contributed by atoms with Gasteiger partial charge in [-0.25, -0.2) is 0 Å². The van der Waals surface area contributed by atoms with E-state index in [1.54, 1.807) is 6.20 Å². The molecule has 2 N–H and O–H groups in total. The zero-order valence-corrected chi connectivity index (χ0v) is 12.0. The summed E-state index contributed by atoms with van der Waals surface area (Å²) in [7, 11) is 0. The van der Waals surface area contributed by atoms with Crippen molar-refractivity contribution in [1.29, 1.82) is 0 Å². The third kappa shape index (κ3) is 4.33. The first-order valence-corrected chi connectivity index (χ1v) is 7.02. The highest BCUT2D eigenvalue weighted by Gasteiger charge is 2.38. The van der Waals surface area contributed by atoms with Crippen molar-refractivity contribution in [1.82, 2.24) is 15.6 Å². The first kappa shape index (κ1) is 14.5. The van der Waals surface area contributed by atoms with Crippen molar-refractivity contribution in [3.63, 3.8) is 0 Å². The molecule has 1 aliphatic rings. The summed E-state index contributed by atoms with van der Waals surface area (Å²) in [5.74, 6) is 0.678. The second kappa shape index (κ2) is 6.50. The minimum atomic E-state index is -0.0604. The van der Waals surface area contributed by atoms with E-state index in [2.05, 4.69) is 22.5 Å². The van der Waals surface area contributed by atoms with E-state index in [1.807, 2.05) is 19.1 Å². The third-order valence-corrected chi connectivity index (χ3v) is 3.56. The molecule has 0 aliphatic heterocycles. The van der Waals surface area contributed by atoms with Crippen LogP contribution in [0.15, 0.2) is 18.3 Å². The minimum Gasteiger partial charge on any atom is -0.355 e. The van der Waals surface area contributed by atoms with Crippen LogP contribution in [-0.2, 0) is 16.1 Å². The second-order valence-corrected chi connectivity index (χ2v) is 5.45. The van der Waals surface area contributed by atoms with Crippen LogP contribution in [0.5, 0.6) is 0 Å². The van der Waals surface area contributed by atoms with Crippen LogP contribution in [-0.4, -0.2) is 23.3 Å². The first-order valence-electron chi connectivity index (χ1n) is 7.02. The van der Waals surface area contributed by atoms with Crippen LogP contribution in [0, 0.1) is 18.8 Å². The van der Waals surface area contributed by atoms with Crippen molar-refractivity contribution >= 4 is 11.8 Å². The molecule has 2 rings (SSSR count). The first-order chi connectivity index (χ1) is 9.56. The number of nitrogens with zero attached hydrogens (tertiary/aromatic N) is 1. The number of nitrogens with one attached hydrogen (secondary N) is 2. The molecular formula is C15H21N3O2. The maximum absolute atomic E-state index is 11.6. The van der Waals surface area contributed by atoms with Crippen molar-refractivity contribution in [2.45, 2.75) is 33.2 Å². The average Bonchev–Trinajstić information content (AvgIpc) is 3.15. The van der Waals surface area contributed by atoms with Gasteiger partial charge in [-0.1, -0.05) is 13.0 Å². The molecule has 2 amide bonds. The summed E-state index contributed by atoms with van der Waals surface area (Å²) >= 11 is 0. The molecule has 108 valence electrons. The van der Waals surface area contributed by atoms with Gasteiger partial charge in [-0.15, -0.1) is 0 Å². The van der Waals surface area contributed by atoms with Gasteiger partial charge in [0, 0.05) is 37.3 Å². The van der Waals surface area contributed by atoms with E-state index < -0.39 is 0 Å². The van der Waals surface area contributed by atoms with Gasteiger partial charge in [0.1, 0.15) is 0 Å². The summed E-state index contributed by atoms with van der Waals surface area (Å²) < 4.78 is 0. The smallest absolute Gasteiger partial charge is 0.223 e. The molecule has 1 aromatic rings. The highest BCUT2D eigenvalue weighted by molar-refractivity contribution is 5.82. The Labute approximate surface area is 119 Å². The molecule has 5 nitrogen and oxygen atoms in total. The van der Waals surface area contributed by atoms with Gasteiger partial charge < -0.3 is 10.6 Å². The monoisotopic (exact) mass is 275 g/mol. The number of carbonyl (C=O) groups is 2. The van der Waals surface area contributed by atoms with Crippen LogP contribution in [0.1, 0.15) is 31.0 Å². The lowest BCUT2D eigenvalue weighted by molar-refractivity contribution is -0.123. The molecule has 0 aromatic carbocycles.